The Labute approximate surface area is 127 Å². The lowest BCUT2D eigenvalue weighted by molar-refractivity contribution is -0.123. The second-order valence-corrected chi connectivity index (χ2v) is 5.67. The van der Waals surface area contributed by atoms with E-state index in [4.69, 9.17) is 0 Å². The molecule has 1 heterocycles. The van der Waals surface area contributed by atoms with Crippen molar-refractivity contribution in [3.63, 3.8) is 0 Å². The van der Waals surface area contributed by atoms with Crippen LogP contribution in [0.1, 0.15) is 5.56 Å². The van der Waals surface area contributed by atoms with Crippen molar-refractivity contribution in [2.24, 2.45) is 4.99 Å². The van der Waals surface area contributed by atoms with Gasteiger partial charge in [-0.05, 0) is 31.2 Å². The number of benzene rings is 2. The first-order chi connectivity index (χ1) is 10.2. The minimum Gasteiger partial charge on any atom is -0.290 e. The zero-order valence-corrected chi connectivity index (χ0v) is 12.4. The molecule has 0 aromatic heterocycles. The van der Waals surface area contributed by atoms with Gasteiger partial charge in [0.2, 0.25) is 0 Å². The molecule has 1 aliphatic heterocycles. The van der Waals surface area contributed by atoms with Gasteiger partial charge in [-0.25, -0.2) is 4.99 Å². The van der Waals surface area contributed by atoms with Crippen molar-refractivity contribution in [1.82, 2.24) is 5.01 Å². The van der Waals surface area contributed by atoms with Gasteiger partial charge in [0.1, 0.15) is 0 Å². The number of rotatable bonds is 3. The number of nitrogens with one attached hydrogen (secondary N) is 1. The molecule has 3 rings (SSSR count). The van der Waals surface area contributed by atoms with Gasteiger partial charge in [0, 0.05) is 0 Å². The first kappa shape index (κ1) is 13.7. The van der Waals surface area contributed by atoms with Gasteiger partial charge in [-0.2, -0.15) is 5.01 Å². The fourth-order valence-corrected chi connectivity index (χ4v) is 2.75. The summed E-state index contributed by atoms with van der Waals surface area (Å²) in [4.78, 5) is 16.5. The number of amidine groups is 1. The largest absolute Gasteiger partial charge is 0.290 e. The van der Waals surface area contributed by atoms with Crippen LogP contribution in [-0.2, 0) is 4.79 Å². The summed E-state index contributed by atoms with van der Waals surface area (Å²) in [6, 6.07) is 17.5. The zero-order valence-electron chi connectivity index (χ0n) is 11.6. The molecular weight excluding hydrogens is 282 g/mol. The average molecular weight is 297 g/mol. The van der Waals surface area contributed by atoms with E-state index in [1.807, 2.05) is 61.5 Å². The van der Waals surface area contributed by atoms with Crippen LogP contribution in [-0.4, -0.2) is 21.8 Å². The fraction of sp³-hybridized carbons (Fsp3) is 0.125. The lowest BCUT2D eigenvalue weighted by atomic mass is 10.2. The first-order valence-electron chi connectivity index (χ1n) is 6.65. The number of nitrogens with zero attached hydrogens (tertiary/aromatic N) is 2. The van der Waals surface area contributed by atoms with Crippen molar-refractivity contribution < 1.29 is 4.79 Å². The lowest BCUT2D eigenvalue weighted by Gasteiger charge is -2.18. The van der Waals surface area contributed by atoms with E-state index < -0.39 is 0 Å². The molecule has 21 heavy (non-hydrogen) atoms. The fourth-order valence-electron chi connectivity index (χ4n) is 1.92. The molecular formula is C16H15N3OS. The normalized spacial score (nSPS) is 16.5. The minimum atomic E-state index is 0.00950. The number of para-hydroxylation sites is 1. The number of hydrogen-bond donors (Lipinski definition) is 1. The summed E-state index contributed by atoms with van der Waals surface area (Å²) < 4.78 is 0. The van der Waals surface area contributed by atoms with Gasteiger partial charge in [0.15, 0.2) is 5.17 Å². The molecule has 0 spiro atoms. The number of anilines is 1. The topological polar surface area (TPSA) is 44.7 Å². The SMILES string of the molecule is Cc1ccc(NN2C(=O)CSC2=Nc2ccccc2)cc1. The monoisotopic (exact) mass is 297 g/mol. The van der Waals surface area contributed by atoms with Crippen LogP contribution in [0.3, 0.4) is 0 Å². The molecule has 0 bridgehead atoms. The number of aliphatic imine (C=N–C) groups is 1. The summed E-state index contributed by atoms with van der Waals surface area (Å²) >= 11 is 1.44. The third kappa shape index (κ3) is 3.25. The molecule has 4 nitrogen and oxygen atoms in total. The molecule has 2 aromatic rings. The van der Waals surface area contributed by atoms with E-state index in [1.165, 1.54) is 22.3 Å². The molecule has 1 amide bonds. The maximum Gasteiger partial charge on any atom is 0.257 e. The molecule has 0 unspecified atom stereocenters. The molecule has 0 atom stereocenters. The number of amides is 1. The molecule has 0 aliphatic carbocycles. The lowest BCUT2D eigenvalue weighted by Crippen LogP contribution is -2.35. The zero-order chi connectivity index (χ0) is 14.7. The van der Waals surface area contributed by atoms with Crippen LogP contribution < -0.4 is 5.43 Å². The van der Waals surface area contributed by atoms with Crippen molar-refractivity contribution >= 4 is 34.2 Å². The number of thioether (sulfide) groups is 1. The Balaban J connectivity index is 1.83. The molecule has 2 aromatic carbocycles. The van der Waals surface area contributed by atoms with Gasteiger partial charge in [0.25, 0.3) is 5.91 Å². The van der Waals surface area contributed by atoms with Gasteiger partial charge < -0.3 is 0 Å². The maximum absolute atomic E-state index is 12.0. The Bertz CT molecular complexity index is 668. The van der Waals surface area contributed by atoms with Crippen molar-refractivity contribution in [3.05, 3.63) is 60.2 Å². The second-order valence-electron chi connectivity index (χ2n) is 4.73. The van der Waals surface area contributed by atoms with Gasteiger partial charge in [-0.15, -0.1) is 0 Å². The van der Waals surface area contributed by atoms with Crippen LogP contribution in [0.4, 0.5) is 11.4 Å². The summed E-state index contributed by atoms with van der Waals surface area (Å²) in [6.07, 6.45) is 0. The summed E-state index contributed by atoms with van der Waals surface area (Å²) in [6.45, 7) is 2.03. The van der Waals surface area contributed by atoms with Crippen LogP contribution in [0.15, 0.2) is 59.6 Å². The number of carbonyl (C=O) groups is 1. The van der Waals surface area contributed by atoms with Gasteiger partial charge in [0.05, 0.1) is 17.1 Å². The number of aryl methyl sites for hydroxylation is 1. The maximum atomic E-state index is 12.0. The third-order valence-corrected chi connectivity index (χ3v) is 3.96. The van der Waals surface area contributed by atoms with E-state index in [0.29, 0.717) is 10.9 Å². The van der Waals surface area contributed by atoms with E-state index in [2.05, 4.69) is 10.4 Å². The van der Waals surface area contributed by atoms with E-state index in [-0.39, 0.29) is 5.91 Å². The Morgan fingerprint density at radius 1 is 1.10 bits per heavy atom. The Morgan fingerprint density at radius 2 is 1.81 bits per heavy atom. The van der Waals surface area contributed by atoms with Crippen LogP contribution >= 0.6 is 11.8 Å². The quantitative estimate of drug-likeness (QED) is 0.941. The second kappa shape index (κ2) is 6.01. The Morgan fingerprint density at radius 3 is 2.52 bits per heavy atom. The van der Waals surface area contributed by atoms with Crippen LogP contribution in [0.2, 0.25) is 0 Å². The molecule has 1 fully saturated rings. The van der Waals surface area contributed by atoms with Crippen molar-refractivity contribution in [2.45, 2.75) is 6.92 Å². The van der Waals surface area contributed by atoms with Crippen LogP contribution in [0.5, 0.6) is 0 Å². The number of hydrogen-bond acceptors (Lipinski definition) is 4. The number of carbonyl (C=O) groups excluding carboxylic acids is 1. The summed E-state index contributed by atoms with van der Waals surface area (Å²) in [5.41, 5.74) is 6.01. The standard InChI is InChI=1S/C16H15N3OS/c1-12-7-9-14(10-8-12)18-19-15(20)11-21-16(19)17-13-5-3-2-4-6-13/h2-10,18H,11H2,1H3. The van der Waals surface area contributed by atoms with Crippen molar-refractivity contribution in [1.29, 1.82) is 0 Å². The van der Waals surface area contributed by atoms with E-state index in [1.54, 1.807) is 0 Å². The highest BCUT2D eigenvalue weighted by Crippen LogP contribution is 2.24. The predicted molar refractivity (Wildman–Crippen MR) is 87.6 cm³/mol. The molecule has 0 radical (unpaired) electrons. The Kier molecular flexibility index (Phi) is 3.92. The molecule has 0 saturated carbocycles. The summed E-state index contributed by atoms with van der Waals surface area (Å²) in [5, 5.41) is 2.19. The molecule has 1 saturated heterocycles. The van der Waals surface area contributed by atoms with Crippen molar-refractivity contribution in [3.8, 4) is 0 Å². The first-order valence-corrected chi connectivity index (χ1v) is 7.64. The average Bonchev–Trinajstić information content (AvgIpc) is 2.84. The highest BCUT2D eigenvalue weighted by molar-refractivity contribution is 8.15. The van der Waals surface area contributed by atoms with Crippen molar-refractivity contribution in [2.75, 3.05) is 11.2 Å². The highest BCUT2D eigenvalue weighted by Gasteiger charge is 2.28. The van der Waals surface area contributed by atoms with E-state index in [9.17, 15) is 4.79 Å². The molecule has 106 valence electrons. The van der Waals surface area contributed by atoms with Crippen LogP contribution in [0, 0.1) is 6.92 Å². The summed E-state index contributed by atoms with van der Waals surface area (Å²) in [5.74, 6) is 0.417. The molecule has 1 aliphatic rings. The van der Waals surface area contributed by atoms with Gasteiger partial charge >= 0.3 is 0 Å². The van der Waals surface area contributed by atoms with Crippen LogP contribution in [0.25, 0.3) is 0 Å². The predicted octanol–water partition coefficient (Wildman–Crippen LogP) is 3.59. The Hall–Kier alpha value is -2.27. The molecule has 1 N–H and O–H groups in total. The minimum absolute atomic E-state index is 0.00950. The smallest absolute Gasteiger partial charge is 0.257 e. The third-order valence-electron chi connectivity index (χ3n) is 3.04. The van der Waals surface area contributed by atoms with E-state index >= 15 is 0 Å². The van der Waals surface area contributed by atoms with Gasteiger partial charge in [-0.1, -0.05) is 47.7 Å². The van der Waals surface area contributed by atoms with E-state index in [0.717, 1.165) is 11.4 Å². The summed E-state index contributed by atoms with van der Waals surface area (Å²) in [7, 11) is 0. The number of hydrazine groups is 1. The van der Waals surface area contributed by atoms with Gasteiger partial charge in [-0.3, -0.25) is 10.2 Å². The molecule has 5 heteroatoms. The highest BCUT2D eigenvalue weighted by atomic mass is 32.2.